The largest absolute Gasteiger partial charge is 0.306 e. The summed E-state index contributed by atoms with van der Waals surface area (Å²) in [5.41, 5.74) is 3.64. The third-order valence-corrected chi connectivity index (χ3v) is 4.52. The van der Waals surface area contributed by atoms with Gasteiger partial charge in [-0.3, -0.25) is 0 Å². The lowest BCUT2D eigenvalue weighted by molar-refractivity contribution is 0.542. The van der Waals surface area contributed by atoms with E-state index in [9.17, 15) is 4.39 Å². The Bertz CT molecular complexity index is 810. The smallest absolute Gasteiger partial charge is 0.129 e. The van der Waals surface area contributed by atoms with E-state index >= 15 is 0 Å². The molecule has 0 spiro atoms. The van der Waals surface area contributed by atoms with Gasteiger partial charge in [-0.25, -0.2) is 9.07 Å². The van der Waals surface area contributed by atoms with Gasteiger partial charge in [0, 0.05) is 34.4 Å². The van der Waals surface area contributed by atoms with Crippen LogP contribution >= 0.6 is 11.6 Å². The highest BCUT2D eigenvalue weighted by Crippen LogP contribution is 2.23. The van der Waals surface area contributed by atoms with Gasteiger partial charge in [0.2, 0.25) is 0 Å². The van der Waals surface area contributed by atoms with Crippen molar-refractivity contribution in [2.45, 2.75) is 26.4 Å². The van der Waals surface area contributed by atoms with E-state index in [1.54, 1.807) is 12.1 Å². The molecule has 24 heavy (non-hydrogen) atoms. The Morgan fingerprint density at radius 2 is 1.92 bits per heavy atom. The van der Waals surface area contributed by atoms with Crippen LogP contribution in [0.5, 0.6) is 0 Å². The Morgan fingerprint density at radius 1 is 1.17 bits per heavy atom. The lowest BCUT2D eigenvalue weighted by Gasteiger charge is -2.15. The lowest BCUT2D eigenvalue weighted by atomic mass is 10.1. The number of benzene rings is 2. The maximum atomic E-state index is 13.9. The molecule has 1 aromatic heterocycles. The van der Waals surface area contributed by atoms with Gasteiger partial charge in [0.05, 0.1) is 11.9 Å². The van der Waals surface area contributed by atoms with Gasteiger partial charge in [0.1, 0.15) is 5.82 Å². The summed E-state index contributed by atoms with van der Waals surface area (Å²) in [6.07, 6.45) is 1.85. The van der Waals surface area contributed by atoms with E-state index in [1.807, 2.05) is 55.1 Å². The molecule has 3 rings (SSSR count). The third-order valence-electron chi connectivity index (χ3n) is 4.16. The van der Waals surface area contributed by atoms with Gasteiger partial charge in [-0.05, 0) is 38.1 Å². The Balaban J connectivity index is 1.77. The summed E-state index contributed by atoms with van der Waals surface area (Å²) < 4.78 is 15.8. The van der Waals surface area contributed by atoms with Gasteiger partial charge in [-0.2, -0.15) is 5.10 Å². The third kappa shape index (κ3) is 3.35. The first kappa shape index (κ1) is 16.7. The van der Waals surface area contributed by atoms with Crippen LogP contribution in [0.2, 0.25) is 5.02 Å². The van der Waals surface area contributed by atoms with Gasteiger partial charge in [-0.15, -0.1) is 0 Å². The summed E-state index contributed by atoms with van der Waals surface area (Å²) >= 11 is 6.08. The van der Waals surface area contributed by atoms with Crippen molar-refractivity contribution in [3.8, 4) is 5.69 Å². The minimum Gasteiger partial charge on any atom is -0.306 e. The molecule has 3 nitrogen and oxygen atoms in total. The minimum atomic E-state index is -0.293. The van der Waals surface area contributed by atoms with E-state index in [0.29, 0.717) is 17.1 Å². The second kappa shape index (κ2) is 7.16. The number of halogens is 2. The van der Waals surface area contributed by atoms with E-state index in [-0.39, 0.29) is 11.9 Å². The zero-order chi connectivity index (χ0) is 17.1. The first-order chi connectivity index (χ1) is 11.6. The van der Waals surface area contributed by atoms with Crippen LogP contribution in [0.1, 0.15) is 29.8 Å². The summed E-state index contributed by atoms with van der Waals surface area (Å²) in [5.74, 6) is -0.293. The van der Waals surface area contributed by atoms with Crippen molar-refractivity contribution in [2.24, 2.45) is 0 Å². The predicted molar refractivity (Wildman–Crippen MR) is 95.0 cm³/mol. The molecule has 0 saturated heterocycles. The number of aromatic nitrogens is 2. The van der Waals surface area contributed by atoms with Crippen molar-refractivity contribution < 1.29 is 4.39 Å². The predicted octanol–water partition coefficient (Wildman–Crippen LogP) is 4.82. The molecule has 0 aliphatic heterocycles. The van der Waals surface area contributed by atoms with Gasteiger partial charge >= 0.3 is 0 Å². The zero-order valence-corrected chi connectivity index (χ0v) is 14.4. The number of rotatable bonds is 5. The number of hydrogen-bond acceptors (Lipinski definition) is 2. The van der Waals surface area contributed by atoms with Crippen LogP contribution < -0.4 is 5.32 Å². The van der Waals surface area contributed by atoms with Crippen molar-refractivity contribution >= 4 is 11.6 Å². The van der Waals surface area contributed by atoms with Crippen LogP contribution in [0.4, 0.5) is 4.39 Å². The fourth-order valence-corrected chi connectivity index (χ4v) is 2.97. The van der Waals surface area contributed by atoms with Crippen LogP contribution in [0, 0.1) is 12.7 Å². The molecule has 0 aliphatic carbocycles. The molecule has 3 aromatic rings. The van der Waals surface area contributed by atoms with Gasteiger partial charge in [0.25, 0.3) is 0 Å². The first-order valence-corrected chi connectivity index (χ1v) is 8.22. The summed E-state index contributed by atoms with van der Waals surface area (Å²) in [4.78, 5) is 0. The molecule has 0 amide bonds. The Kier molecular flexibility index (Phi) is 4.97. The maximum Gasteiger partial charge on any atom is 0.129 e. The van der Waals surface area contributed by atoms with E-state index in [0.717, 1.165) is 16.9 Å². The van der Waals surface area contributed by atoms with Crippen molar-refractivity contribution in [1.82, 2.24) is 15.1 Å². The number of para-hydroxylation sites is 1. The average Bonchev–Trinajstić information content (AvgIpc) is 2.96. The summed E-state index contributed by atoms with van der Waals surface area (Å²) in [6, 6.07) is 14.7. The SMILES string of the molecule is Cc1c(C(C)NCc2c(F)cccc2Cl)cnn1-c1ccccc1. The monoisotopic (exact) mass is 343 g/mol. The van der Waals surface area contributed by atoms with E-state index < -0.39 is 0 Å². The van der Waals surface area contributed by atoms with E-state index in [4.69, 9.17) is 11.6 Å². The summed E-state index contributed by atoms with van der Waals surface area (Å²) in [6.45, 7) is 4.43. The molecule has 0 aliphatic rings. The highest BCUT2D eigenvalue weighted by atomic mass is 35.5. The highest BCUT2D eigenvalue weighted by Gasteiger charge is 2.15. The highest BCUT2D eigenvalue weighted by molar-refractivity contribution is 6.31. The van der Waals surface area contributed by atoms with Gasteiger partial charge < -0.3 is 5.32 Å². The molecule has 0 radical (unpaired) electrons. The van der Waals surface area contributed by atoms with Crippen LogP contribution in [-0.4, -0.2) is 9.78 Å². The number of hydrogen-bond donors (Lipinski definition) is 1. The van der Waals surface area contributed by atoms with Crippen LogP contribution in [0.25, 0.3) is 5.69 Å². The fourth-order valence-electron chi connectivity index (χ4n) is 2.74. The molecule has 1 atom stereocenters. The molecule has 124 valence electrons. The standard InChI is InChI=1S/C19H19ClFN3/c1-13(22-11-17-18(20)9-6-10-19(17)21)16-12-23-24(14(16)2)15-7-4-3-5-8-15/h3-10,12-13,22H,11H2,1-2H3. The first-order valence-electron chi connectivity index (χ1n) is 7.84. The van der Waals surface area contributed by atoms with E-state index in [1.165, 1.54) is 6.07 Å². The van der Waals surface area contributed by atoms with Crippen molar-refractivity contribution in [3.63, 3.8) is 0 Å². The molecule has 1 unspecified atom stereocenters. The van der Waals surface area contributed by atoms with E-state index in [2.05, 4.69) is 10.4 Å². The summed E-state index contributed by atoms with van der Waals surface area (Å²) in [7, 11) is 0. The maximum absolute atomic E-state index is 13.9. The number of nitrogens with one attached hydrogen (secondary N) is 1. The van der Waals surface area contributed by atoms with Crippen LogP contribution in [0.15, 0.2) is 54.7 Å². The molecule has 1 heterocycles. The zero-order valence-electron chi connectivity index (χ0n) is 13.6. The molecular formula is C19H19ClFN3. The molecule has 0 saturated carbocycles. The molecule has 0 fully saturated rings. The Morgan fingerprint density at radius 3 is 2.62 bits per heavy atom. The quantitative estimate of drug-likeness (QED) is 0.719. The number of nitrogens with zero attached hydrogens (tertiary/aromatic N) is 2. The molecule has 1 N–H and O–H groups in total. The molecule has 5 heteroatoms. The fraction of sp³-hybridized carbons (Fsp3) is 0.211. The second-order valence-electron chi connectivity index (χ2n) is 5.74. The van der Waals surface area contributed by atoms with Crippen LogP contribution in [-0.2, 0) is 6.54 Å². The summed E-state index contributed by atoms with van der Waals surface area (Å²) in [5, 5.41) is 8.23. The van der Waals surface area contributed by atoms with Gasteiger partial charge in [0.15, 0.2) is 0 Å². The molecule has 2 aromatic carbocycles. The van der Waals surface area contributed by atoms with Crippen molar-refractivity contribution in [2.75, 3.05) is 0 Å². The topological polar surface area (TPSA) is 29.9 Å². The normalized spacial score (nSPS) is 12.3. The Labute approximate surface area is 146 Å². The van der Waals surface area contributed by atoms with Crippen LogP contribution in [0.3, 0.4) is 0 Å². The van der Waals surface area contributed by atoms with Crippen molar-refractivity contribution in [1.29, 1.82) is 0 Å². The minimum absolute atomic E-state index is 0.0261. The van der Waals surface area contributed by atoms with Crippen molar-refractivity contribution in [3.05, 3.63) is 82.4 Å². The van der Waals surface area contributed by atoms with Gasteiger partial charge in [-0.1, -0.05) is 35.9 Å². The molecular weight excluding hydrogens is 325 g/mol. The Hall–Kier alpha value is -2.17. The average molecular weight is 344 g/mol. The second-order valence-corrected chi connectivity index (χ2v) is 6.14. The lowest BCUT2D eigenvalue weighted by Crippen LogP contribution is -2.19. The molecule has 0 bridgehead atoms.